The minimum absolute atomic E-state index is 0.0214. The fourth-order valence-electron chi connectivity index (χ4n) is 1.29. The van der Waals surface area contributed by atoms with Crippen molar-refractivity contribution >= 4 is 5.91 Å². The topological polar surface area (TPSA) is 55.6 Å². The summed E-state index contributed by atoms with van der Waals surface area (Å²) in [5, 5.41) is 0. The summed E-state index contributed by atoms with van der Waals surface area (Å²) in [5.74, 6) is 0.0214. The monoisotopic (exact) mass is 216 g/mol. The second kappa shape index (κ2) is 6.08. The van der Waals surface area contributed by atoms with Crippen molar-refractivity contribution in [1.82, 2.24) is 4.90 Å². The zero-order valence-corrected chi connectivity index (χ0v) is 10.5. The highest BCUT2D eigenvalue weighted by atomic mass is 16.5. The quantitative estimate of drug-likeness (QED) is 0.720. The van der Waals surface area contributed by atoms with Gasteiger partial charge in [-0.2, -0.15) is 0 Å². The summed E-state index contributed by atoms with van der Waals surface area (Å²) in [6.45, 7) is 6.38. The smallest absolute Gasteiger partial charge is 0.254 e. The van der Waals surface area contributed by atoms with Gasteiger partial charge in [0.25, 0.3) is 5.91 Å². The van der Waals surface area contributed by atoms with Crippen molar-refractivity contribution in [1.29, 1.82) is 0 Å². The van der Waals surface area contributed by atoms with E-state index < -0.39 is 5.60 Å². The predicted octanol–water partition coefficient (Wildman–Crippen LogP) is 0.997. The molecule has 0 radical (unpaired) electrons. The van der Waals surface area contributed by atoms with Crippen molar-refractivity contribution < 1.29 is 9.53 Å². The van der Waals surface area contributed by atoms with Crippen LogP contribution in [0.2, 0.25) is 0 Å². The Labute approximate surface area is 92.8 Å². The Bertz CT molecular complexity index is 201. The lowest BCUT2D eigenvalue weighted by molar-refractivity contribution is -0.152. The van der Waals surface area contributed by atoms with Crippen molar-refractivity contribution in [2.45, 2.75) is 45.3 Å². The van der Waals surface area contributed by atoms with Crippen LogP contribution < -0.4 is 5.73 Å². The highest BCUT2D eigenvalue weighted by Crippen LogP contribution is 2.17. The van der Waals surface area contributed by atoms with Gasteiger partial charge < -0.3 is 15.4 Å². The Morgan fingerprint density at radius 1 is 1.60 bits per heavy atom. The maximum atomic E-state index is 12.0. The third-order valence-corrected chi connectivity index (χ3v) is 2.84. The molecular weight excluding hydrogens is 192 g/mol. The van der Waals surface area contributed by atoms with E-state index in [1.807, 2.05) is 20.8 Å². The Balaban J connectivity index is 4.30. The van der Waals surface area contributed by atoms with E-state index in [1.165, 1.54) is 0 Å². The fourth-order valence-corrected chi connectivity index (χ4v) is 1.29. The second-order valence-electron chi connectivity index (χ2n) is 4.28. The number of hydrogen-bond acceptors (Lipinski definition) is 3. The standard InChI is InChI=1S/C11H24N2O2/c1-6-11(3,15-5)10(14)13(4)8-7-9(2)12/h9H,6-8,12H2,1-5H3. The first-order valence-corrected chi connectivity index (χ1v) is 5.43. The van der Waals surface area contributed by atoms with Gasteiger partial charge in [-0.05, 0) is 26.7 Å². The lowest BCUT2D eigenvalue weighted by Crippen LogP contribution is -2.47. The molecule has 15 heavy (non-hydrogen) atoms. The molecule has 0 fully saturated rings. The number of amides is 1. The van der Waals surface area contributed by atoms with Crippen molar-refractivity contribution in [2.24, 2.45) is 5.73 Å². The van der Waals surface area contributed by atoms with Gasteiger partial charge in [-0.3, -0.25) is 4.79 Å². The molecule has 0 spiro atoms. The Morgan fingerprint density at radius 3 is 2.47 bits per heavy atom. The van der Waals surface area contributed by atoms with Crippen LogP contribution in [-0.2, 0) is 9.53 Å². The number of nitrogens with zero attached hydrogens (tertiary/aromatic N) is 1. The molecule has 0 aliphatic carbocycles. The average Bonchev–Trinajstić information content (AvgIpc) is 2.23. The highest BCUT2D eigenvalue weighted by Gasteiger charge is 2.33. The molecule has 2 unspecified atom stereocenters. The number of methoxy groups -OCH3 is 1. The van der Waals surface area contributed by atoms with E-state index in [1.54, 1.807) is 19.1 Å². The number of ether oxygens (including phenoxy) is 1. The third-order valence-electron chi connectivity index (χ3n) is 2.84. The molecule has 0 saturated heterocycles. The summed E-state index contributed by atoms with van der Waals surface area (Å²) in [7, 11) is 3.36. The molecule has 0 aliphatic rings. The molecule has 0 aromatic rings. The van der Waals surface area contributed by atoms with Gasteiger partial charge in [0.1, 0.15) is 5.60 Å². The number of carbonyl (C=O) groups is 1. The molecule has 4 nitrogen and oxygen atoms in total. The minimum Gasteiger partial charge on any atom is -0.369 e. The number of hydrogen-bond donors (Lipinski definition) is 1. The molecule has 2 N–H and O–H groups in total. The molecule has 0 aromatic heterocycles. The molecule has 0 heterocycles. The predicted molar refractivity (Wildman–Crippen MR) is 61.6 cm³/mol. The average molecular weight is 216 g/mol. The maximum Gasteiger partial charge on any atom is 0.254 e. The molecule has 0 aromatic carbocycles. The summed E-state index contributed by atoms with van der Waals surface area (Å²) < 4.78 is 5.25. The second-order valence-corrected chi connectivity index (χ2v) is 4.28. The van der Waals surface area contributed by atoms with Crippen molar-refractivity contribution in [2.75, 3.05) is 20.7 Å². The van der Waals surface area contributed by atoms with E-state index in [9.17, 15) is 4.79 Å². The molecule has 0 bridgehead atoms. The van der Waals surface area contributed by atoms with Gasteiger partial charge in [-0.1, -0.05) is 6.92 Å². The molecule has 0 rings (SSSR count). The van der Waals surface area contributed by atoms with E-state index in [-0.39, 0.29) is 11.9 Å². The van der Waals surface area contributed by atoms with Crippen LogP contribution in [0.1, 0.15) is 33.6 Å². The first kappa shape index (κ1) is 14.4. The summed E-state index contributed by atoms with van der Waals surface area (Å²) in [5.41, 5.74) is 4.94. The summed E-state index contributed by atoms with van der Waals surface area (Å²) in [6, 6.07) is 0.121. The van der Waals surface area contributed by atoms with Gasteiger partial charge in [0.2, 0.25) is 0 Å². The van der Waals surface area contributed by atoms with Gasteiger partial charge in [0, 0.05) is 26.7 Å². The van der Waals surface area contributed by atoms with E-state index in [2.05, 4.69) is 0 Å². The van der Waals surface area contributed by atoms with E-state index in [0.29, 0.717) is 13.0 Å². The molecule has 2 atom stereocenters. The van der Waals surface area contributed by atoms with Crippen LogP contribution in [0.25, 0.3) is 0 Å². The van der Waals surface area contributed by atoms with E-state index >= 15 is 0 Å². The van der Waals surface area contributed by atoms with Crippen LogP contribution in [0, 0.1) is 0 Å². The van der Waals surface area contributed by atoms with Gasteiger partial charge in [-0.25, -0.2) is 0 Å². The summed E-state index contributed by atoms with van der Waals surface area (Å²) in [4.78, 5) is 13.7. The maximum absolute atomic E-state index is 12.0. The minimum atomic E-state index is -0.702. The number of carbonyl (C=O) groups excluding carboxylic acids is 1. The number of rotatable bonds is 6. The lowest BCUT2D eigenvalue weighted by Gasteiger charge is -2.30. The van der Waals surface area contributed by atoms with Crippen LogP contribution in [0.4, 0.5) is 0 Å². The zero-order valence-electron chi connectivity index (χ0n) is 10.5. The Hall–Kier alpha value is -0.610. The molecule has 90 valence electrons. The largest absolute Gasteiger partial charge is 0.369 e. The van der Waals surface area contributed by atoms with Gasteiger partial charge in [-0.15, -0.1) is 0 Å². The van der Waals surface area contributed by atoms with Crippen LogP contribution >= 0.6 is 0 Å². The lowest BCUT2D eigenvalue weighted by atomic mass is 10.0. The van der Waals surface area contributed by atoms with Crippen LogP contribution in [0.3, 0.4) is 0 Å². The van der Waals surface area contributed by atoms with E-state index in [0.717, 1.165) is 6.42 Å². The zero-order chi connectivity index (χ0) is 12.1. The first-order valence-electron chi connectivity index (χ1n) is 5.43. The first-order chi connectivity index (χ1) is 6.87. The normalized spacial score (nSPS) is 16.9. The van der Waals surface area contributed by atoms with Gasteiger partial charge >= 0.3 is 0 Å². The van der Waals surface area contributed by atoms with Crippen molar-refractivity contribution in [3.05, 3.63) is 0 Å². The molecule has 1 amide bonds. The summed E-state index contributed by atoms with van der Waals surface area (Å²) in [6.07, 6.45) is 1.48. The van der Waals surface area contributed by atoms with Gasteiger partial charge in [0.05, 0.1) is 0 Å². The molecule has 0 aliphatic heterocycles. The van der Waals surface area contributed by atoms with Crippen LogP contribution in [0.15, 0.2) is 0 Å². The fraction of sp³-hybridized carbons (Fsp3) is 0.909. The van der Waals surface area contributed by atoms with Crippen LogP contribution in [0.5, 0.6) is 0 Å². The third kappa shape index (κ3) is 4.18. The van der Waals surface area contributed by atoms with E-state index in [4.69, 9.17) is 10.5 Å². The Kier molecular flexibility index (Phi) is 5.83. The molecule has 4 heteroatoms. The SMILES string of the molecule is CCC(C)(OC)C(=O)N(C)CCC(C)N. The number of nitrogens with two attached hydrogens (primary N) is 1. The van der Waals surface area contributed by atoms with Gasteiger partial charge in [0.15, 0.2) is 0 Å². The number of likely N-dealkylation sites (N-methyl/N-ethyl adjacent to an activating group) is 1. The van der Waals surface area contributed by atoms with Crippen LogP contribution in [-0.4, -0.2) is 43.2 Å². The molecule has 0 saturated carbocycles. The van der Waals surface area contributed by atoms with Crippen molar-refractivity contribution in [3.8, 4) is 0 Å². The summed E-state index contributed by atoms with van der Waals surface area (Å²) >= 11 is 0. The Morgan fingerprint density at radius 2 is 2.13 bits per heavy atom. The van der Waals surface area contributed by atoms with Crippen molar-refractivity contribution in [3.63, 3.8) is 0 Å². The highest BCUT2D eigenvalue weighted by molar-refractivity contribution is 5.84. The molecular formula is C11H24N2O2.